The van der Waals surface area contributed by atoms with Crippen LogP contribution in [0.15, 0.2) is 70.6 Å². The van der Waals surface area contributed by atoms with Crippen molar-refractivity contribution in [2.75, 3.05) is 18.4 Å². The summed E-state index contributed by atoms with van der Waals surface area (Å²) in [6, 6.07) is 18.9. The van der Waals surface area contributed by atoms with E-state index < -0.39 is 0 Å². The minimum Gasteiger partial charge on any atom is -0.367 e. The van der Waals surface area contributed by atoms with Gasteiger partial charge in [0.25, 0.3) is 0 Å². The molecule has 0 radical (unpaired) electrons. The predicted molar refractivity (Wildman–Crippen MR) is 145 cm³/mol. The molecular weight excluding hydrogens is 530 g/mol. The molecule has 5 aromatic rings. The van der Waals surface area contributed by atoms with Crippen molar-refractivity contribution >= 4 is 60.4 Å². The fourth-order valence-corrected chi connectivity index (χ4v) is 6.22. The average Bonchev–Trinajstić information content (AvgIpc) is 3.44. The van der Waals surface area contributed by atoms with E-state index in [1.807, 2.05) is 40.1 Å². The van der Waals surface area contributed by atoms with Crippen molar-refractivity contribution in [1.82, 2.24) is 19.5 Å². The molecule has 5 nitrogen and oxygen atoms in total. The van der Waals surface area contributed by atoms with Gasteiger partial charge in [-0.2, -0.15) is 9.61 Å². The Morgan fingerprint density at radius 2 is 1.88 bits per heavy atom. The first kappa shape index (κ1) is 22.0. The second kappa shape index (κ2) is 9.30. The van der Waals surface area contributed by atoms with Crippen molar-refractivity contribution in [2.45, 2.75) is 25.4 Å². The quantitative estimate of drug-likeness (QED) is 0.252. The van der Waals surface area contributed by atoms with Crippen LogP contribution in [0.5, 0.6) is 0 Å². The summed E-state index contributed by atoms with van der Waals surface area (Å²) in [6.07, 6.45) is 3.95. The summed E-state index contributed by atoms with van der Waals surface area (Å²) in [6.45, 7) is 3.14. The van der Waals surface area contributed by atoms with Crippen molar-refractivity contribution in [3.63, 3.8) is 0 Å². The Balaban J connectivity index is 1.20. The van der Waals surface area contributed by atoms with Gasteiger partial charge in [-0.25, -0.2) is 4.98 Å². The van der Waals surface area contributed by atoms with Gasteiger partial charge in [-0.05, 0) is 57.2 Å². The maximum Gasteiger partial charge on any atom is 0.172 e. The van der Waals surface area contributed by atoms with Gasteiger partial charge in [-0.3, -0.25) is 4.90 Å². The van der Waals surface area contributed by atoms with Crippen molar-refractivity contribution in [3.05, 3.63) is 81.2 Å². The van der Waals surface area contributed by atoms with Gasteiger partial charge in [-0.1, -0.05) is 48.0 Å². The van der Waals surface area contributed by atoms with Crippen LogP contribution in [-0.4, -0.2) is 38.6 Å². The molecular formula is C26H23BrClN5S. The SMILES string of the molecule is Clc1ccccc1-c1cc(NC2CCN(Cc3csc4ccccc34)CC2)n2ncc(Br)c2n1. The molecule has 34 heavy (non-hydrogen) atoms. The van der Waals surface area contributed by atoms with Crippen LogP contribution in [-0.2, 0) is 6.54 Å². The van der Waals surface area contributed by atoms with E-state index in [9.17, 15) is 0 Å². The molecule has 0 aliphatic carbocycles. The van der Waals surface area contributed by atoms with Crippen molar-refractivity contribution < 1.29 is 0 Å². The maximum atomic E-state index is 6.48. The van der Waals surface area contributed by atoms with Crippen LogP contribution >= 0.6 is 38.9 Å². The van der Waals surface area contributed by atoms with Crippen molar-refractivity contribution in [2.24, 2.45) is 0 Å². The zero-order valence-corrected chi connectivity index (χ0v) is 21.6. The molecule has 8 heteroatoms. The smallest absolute Gasteiger partial charge is 0.172 e. The lowest BCUT2D eigenvalue weighted by atomic mass is 10.0. The highest BCUT2D eigenvalue weighted by molar-refractivity contribution is 9.10. The number of aromatic nitrogens is 3. The van der Waals surface area contributed by atoms with Gasteiger partial charge in [-0.15, -0.1) is 11.3 Å². The van der Waals surface area contributed by atoms with E-state index in [0.717, 1.165) is 59.7 Å². The number of thiophene rings is 1. The van der Waals surface area contributed by atoms with E-state index in [-0.39, 0.29) is 0 Å². The summed E-state index contributed by atoms with van der Waals surface area (Å²) in [7, 11) is 0. The predicted octanol–water partition coefficient (Wildman–Crippen LogP) is 7.10. The Morgan fingerprint density at radius 3 is 2.74 bits per heavy atom. The third-order valence-corrected chi connectivity index (χ3v) is 8.37. The molecule has 3 aromatic heterocycles. The maximum absolute atomic E-state index is 6.48. The molecule has 6 rings (SSSR count). The molecule has 1 aliphatic heterocycles. The summed E-state index contributed by atoms with van der Waals surface area (Å²) in [5.74, 6) is 0.938. The fraction of sp³-hybridized carbons (Fsp3) is 0.231. The number of hydrogen-bond donors (Lipinski definition) is 1. The molecule has 1 aliphatic rings. The molecule has 172 valence electrons. The lowest BCUT2D eigenvalue weighted by molar-refractivity contribution is 0.212. The van der Waals surface area contributed by atoms with Gasteiger partial charge in [0.15, 0.2) is 5.65 Å². The minimum absolute atomic E-state index is 0.378. The number of likely N-dealkylation sites (tertiary alicyclic amines) is 1. The summed E-state index contributed by atoms with van der Waals surface area (Å²) < 4.78 is 4.10. The van der Waals surface area contributed by atoms with Gasteiger partial charge >= 0.3 is 0 Å². The van der Waals surface area contributed by atoms with Crippen LogP contribution in [0.2, 0.25) is 5.02 Å². The highest BCUT2D eigenvalue weighted by Gasteiger charge is 2.22. The Labute approximate surface area is 215 Å². The largest absolute Gasteiger partial charge is 0.367 e. The molecule has 0 atom stereocenters. The number of fused-ring (bicyclic) bond motifs is 2. The molecule has 0 unspecified atom stereocenters. The summed E-state index contributed by atoms with van der Waals surface area (Å²) >= 11 is 11.9. The first-order valence-corrected chi connectivity index (χ1v) is 13.4. The molecule has 0 spiro atoms. The fourth-order valence-electron chi connectivity index (χ4n) is 4.69. The topological polar surface area (TPSA) is 45.5 Å². The van der Waals surface area contributed by atoms with E-state index in [0.29, 0.717) is 11.1 Å². The van der Waals surface area contributed by atoms with Crippen LogP contribution in [0.1, 0.15) is 18.4 Å². The molecule has 1 saturated heterocycles. The second-order valence-electron chi connectivity index (χ2n) is 8.69. The number of halogens is 2. The van der Waals surface area contributed by atoms with Gasteiger partial charge in [0.05, 0.1) is 16.4 Å². The number of piperidine rings is 1. The van der Waals surface area contributed by atoms with E-state index in [1.165, 1.54) is 15.6 Å². The number of nitrogens with one attached hydrogen (secondary N) is 1. The molecule has 1 fully saturated rings. The standard InChI is InChI=1S/C26H23BrClN5S/c27-21-14-29-33-25(13-23(31-26(21)33)20-6-1-3-7-22(20)28)30-18-9-11-32(12-10-18)15-17-16-34-24-8-4-2-5-19(17)24/h1-8,13-14,16,18,30H,9-12,15H2. The highest BCUT2D eigenvalue weighted by Crippen LogP contribution is 2.32. The van der Waals surface area contributed by atoms with Crippen LogP contribution in [0.3, 0.4) is 0 Å². The Morgan fingerprint density at radius 1 is 1.09 bits per heavy atom. The van der Waals surface area contributed by atoms with E-state index in [1.54, 1.807) is 6.20 Å². The van der Waals surface area contributed by atoms with Crippen LogP contribution in [0.4, 0.5) is 5.82 Å². The highest BCUT2D eigenvalue weighted by atomic mass is 79.9. The summed E-state index contributed by atoms with van der Waals surface area (Å²) in [5, 5.41) is 12.7. The number of anilines is 1. The normalized spacial score (nSPS) is 15.4. The number of rotatable bonds is 5. The van der Waals surface area contributed by atoms with E-state index in [4.69, 9.17) is 16.6 Å². The molecule has 0 bridgehead atoms. The Hall–Kier alpha value is -2.45. The molecule has 2 aromatic carbocycles. The zero-order chi connectivity index (χ0) is 23.1. The van der Waals surface area contributed by atoms with Crippen LogP contribution in [0, 0.1) is 0 Å². The molecule has 0 saturated carbocycles. The van der Waals surface area contributed by atoms with Crippen LogP contribution in [0.25, 0.3) is 27.0 Å². The summed E-state index contributed by atoms with van der Waals surface area (Å²) in [5.41, 5.74) is 3.97. The number of nitrogens with zero attached hydrogens (tertiary/aromatic N) is 4. The van der Waals surface area contributed by atoms with E-state index in [2.05, 4.69) is 67.0 Å². The number of benzene rings is 2. The monoisotopic (exact) mass is 551 g/mol. The minimum atomic E-state index is 0.378. The van der Waals surface area contributed by atoms with Crippen molar-refractivity contribution in [3.8, 4) is 11.3 Å². The van der Waals surface area contributed by atoms with Gasteiger partial charge in [0.2, 0.25) is 0 Å². The van der Waals surface area contributed by atoms with Gasteiger partial charge in [0.1, 0.15) is 5.82 Å². The van der Waals surface area contributed by atoms with Gasteiger partial charge < -0.3 is 5.32 Å². The Kier molecular flexibility index (Phi) is 6.03. The molecule has 0 amide bonds. The summed E-state index contributed by atoms with van der Waals surface area (Å²) in [4.78, 5) is 7.38. The molecule has 1 N–H and O–H groups in total. The zero-order valence-electron chi connectivity index (χ0n) is 18.4. The number of hydrogen-bond acceptors (Lipinski definition) is 5. The lowest BCUT2D eigenvalue weighted by Crippen LogP contribution is -2.39. The second-order valence-corrected chi connectivity index (χ2v) is 10.9. The van der Waals surface area contributed by atoms with Crippen LogP contribution < -0.4 is 5.32 Å². The lowest BCUT2D eigenvalue weighted by Gasteiger charge is -2.32. The first-order chi connectivity index (χ1) is 16.7. The Bertz CT molecular complexity index is 1470. The first-order valence-electron chi connectivity index (χ1n) is 11.4. The van der Waals surface area contributed by atoms with E-state index >= 15 is 0 Å². The van der Waals surface area contributed by atoms with Gasteiger partial charge in [0, 0.05) is 47.0 Å². The van der Waals surface area contributed by atoms with Crippen molar-refractivity contribution in [1.29, 1.82) is 0 Å². The molecule has 4 heterocycles. The third kappa shape index (κ3) is 4.22. The average molecular weight is 553 g/mol. The third-order valence-electron chi connectivity index (χ3n) is 6.47.